The number of ether oxygens (including phenoxy) is 1. The second-order valence-corrected chi connectivity index (χ2v) is 7.62. The van der Waals surface area contributed by atoms with Crippen LogP contribution in [0.2, 0.25) is 0 Å². The van der Waals surface area contributed by atoms with Gasteiger partial charge in [-0.1, -0.05) is 36.0 Å². The molecule has 0 bridgehead atoms. The highest BCUT2D eigenvalue weighted by molar-refractivity contribution is 7.98. The van der Waals surface area contributed by atoms with Gasteiger partial charge in [-0.05, 0) is 30.5 Å². The highest BCUT2D eigenvalue weighted by Crippen LogP contribution is 2.25. The molecule has 3 aromatic rings. The minimum absolute atomic E-state index is 0.0119. The Morgan fingerprint density at radius 2 is 2.11 bits per heavy atom. The van der Waals surface area contributed by atoms with Crippen LogP contribution in [-0.4, -0.2) is 27.2 Å². The molecule has 1 aliphatic heterocycles. The number of nitro groups is 1. The Morgan fingerprint density at radius 1 is 1.25 bits per heavy atom. The Hall–Kier alpha value is -2.71. The van der Waals surface area contributed by atoms with Gasteiger partial charge in [-0.15, -0.1) is 0 Å². The molecule has 1 saturated heterocycles. The molecule has 8 heteroatoms. The summed E-state index contributed by atoms with van der Waals surface area (Å²) in [6, 6.07) is 13.8. The zero-order valence-corrected chi connectivity index (χ0v) is 15.9. The van der Waals surface area contributed by atoms with Crippen molar-refractivity contribution < 1.29 is 9.66 Å². The molecule has 1 fully saturated rings. The second kappa shape index (κ2) is 8.12. The van der Waals surface area contributed by atoms with Gasteiger partial charge in [-0.25, -0.2) is 4.98 Å². The van der Waals surface area contributed by atoms with Gasteiger partial charge in [-0.2, -0.15) is 0 Å². The van der Waals surface area contributed by atoms with Crippen LogP contribution in [0, 0.1) is 10.1 Å². The Balaban J connectivity index is 1.67. The molecule has 0 N–H and O–H groups in total. The van der Waals surface area contributed by atoms with E-state index < -0.39 is 4.92 Å². The maximum atomic E-state index is 13.1. The third kappa shape index (κ3) is 3.93. The van der Waals surface area contributed by atoms with Gasteiger partial charge in [0.25, 0.3) is 11.2 Å². The Kier molecular flexibility index (Phi) is 5.40. The van der Waals surface area contributed by atoms with E-state index in [1.54, 1.807) is 22.8 Å². The standard InChI is InChI=1S/C20H19N3O4S/c24-19-17-8-1-2-9-18(17)21-20(22(19)12-16-7-4-10-27-16)28-13-14-5-3-6-15(11-14)23(25)26/h1-3,5-6,8-9,11,16H,4,7,10,12-13H2. The number of para-hydroxylation sites is 1. The first-order valence-corrected chi connectivity index (χ1v) is 10.1. The molecular weight excluding hydrogens is 378 g/mol. The van der Waals surface area contributed by atoms with Gasteiger partial charge >= 0.3 is 0 Å². The predicted molar refractivity (Wildman–Crippen MR) is 108 cm³/mol. The first-order valence-electron chi connectivity index (χ1n) is 9.09. The smallest absolute Gasteiger partial charge is 0.269 e. The van der Waals surface area contributed by atoms with Crippen LogP contribution in [-0.2, 0) is 17.0 Å². The molecule has 1 aliphatic rings. The molecule has 1 aromatic heterocycles. The minimum Gasteiger partial charge on any atom is -0.376 e. The lowest BCUT2D eigenvalue weighted by atomic mass is 10.2. The summed E-state index contributed by atoms with van der Waals surface area (Å²) in [5.74, 6) is 0.484. The SMILES string of the molecule is O=c1c2ccccc2nc(SCc2cccc([N+](=O)[O-])c2)n1CC1CCCO1. The van der Waals surface area contributed by atoms with Gasteiger partial charge < -0.3 is 4.74 Å². The van der Waals surface area contributed by atoms with E-state index >= 15 is 0 Å². The molecule has 2 aromatic carbocycles. The number of nitrogens with zero attached hydrogens (tertiary/aromatic N) is 3. The van der Waals surface area contributed by atoms with Crippen LogP contribution in [0.25, 0.3) is 10.9 Å². The molecule has 0 saturated carbocycles. The van der Waals surface area contributed by atoms with Gasteiger partial charge in [0.1, 0.15) is 0 Å². The number of thioether (sulfide) groups is 1. The van der Waals surface area contributed by atoms with E-state index in [9.17, 15) is 14.9 Å². The van der Waals surface area contributed by atoms with Crippen molar-refractivity contribution in [3.8, 4) is 0 Å². The fourth-order valence-electron chi connectivity index (χ4n) is 3.32. The number of fused-ring (bicyclic) bond motifs is 1. The van der Waals surface area contributed by atoms with Crippen molar-refractivity contribution in [2.75, 3.05) is 6.61 Å². The molecule has 7 nitrogen and oxygen atoms in total. The monoisotopic (exact) mass is 397 g/mol. The van der Waals surface area contributed by atoms with Crippen LogP contribution in [0.3, 0.4) is 0 Å². The van der Waals surface area contributed by atoms with E-state index in [0.29, 0.717) is 28.4 Å². The van der Waals surface area contributed by atoms with Gasteiger partial charge in [-0.3, -0.25) is 19.5 Å². The van der Waals surface area contributed by atoms with E-state index in [1.165, 1.54) is 17.8 Å². The lowest BCUT2D eigenvalue weighted by Crippen LogP contribution is -2.28. The predicted octanol–water partition coefficient (Wildman–Crippen LogP) is 3.78. The molecule has 4 rings (SSSR count). The maximum Gasteiger partial charge on any atom is 0.269 e. The summed E-state index contributed by atoms with van der Waals surface area (Å²) in [5.41, 5.74) is 1.44. The number of hydrogen-bond donors (Lipinski definition) is 0. The molecule has 1 atom stereocenters. The fourth-order valence-corrected chi connectivity index (χ4v) is 4.27. The van der Waals surface area contributed by atoms with Crippen LogP contribution in [0.5, 0.6) is 0 Å². The Bertz CT molecular complexity index is 1080. The topological polar surface area (TPSA) is 87.3 Å². The van der Waals surface area contributed by atoms with Crippen LogP contribution >= 0.6 is 11.8 Å². The second-order valence-electron chi connectivity index (χ2n) is 6.68. The zero-order valence-electron chi connectivity index (χ0n) is 15.1. The van der Waals surface area contributed by atoms with Gasteiger partial charge in [0.05, 0.1) is 28.5 Å². The summed E-state index contributed by atoms with van der Waals surface area (Å²) in [6.07, 6.45) is 1.93. The highest BCUT2D eigenvalue weighted by atomic mass is 32.2. The number of aromatic nitrogens is 2. The number of rotatable bonds is 6. The van der Waals surface area contributed by atoms with Crippen LogP contribution in [0.4, 0.5) is 5.69 Å². The van der Waals surface area contributed by atoms with E-state index in [-0.39, 0.29) is 17.4 Å². The molecule has 0 spiro atoms. The highest BCUT2D eigenvalue weighted by Gasteiger charge is 2.20. The molecule has 144 valence electrons. The maximum absolute atomic E-state index is 13.1. The minimum atomic E-state index is -0.407. The molecule has 28 heavy (non-hydrogen) atoms. The summed E-state index contributed by atoms with van der Waals surface area (Å²) in [4.78, 5) is 28.3. The third-order valence-electron chi connectivity index (χ3n) is 4.73. The van der Waals surface area contributed by atoms with Crippen molar-refractivity contribution in [1.29, 1.82) is 0 Å². The molecule has 0 aliphatic carbocycles. The van der Waals surface area contributed by atoms with Crippen LogP contribution in [0.15, 0.2) is 58.5 Å². The largest absolute Gasteiger partial charge is 0.376 e. The molecule has 2 heterocycles. The van der Waals surface area contributed by atoms with E-state index in [0.717, 1.165) is 25.0 Å². The van der Waals surface area contributed by atoms with Crippen molar-refractivity contribution in [2.45, 2.75) is 36.4 Å². The summed E-state index contributed by atoms with van der Waals surface area (Å²) >= 11 is 1.41. The lowest BCUT2D eigenvalue weighted by Gasteiger charge is -2.16. The van der Waals surface area contributed by atoms with Crippen molar-refractivity contribution in [3.63, 3.8) is 0 Å². The summed E-state index contributed by atoms with van der Waals surface area (Å²) in [7, 11) is 0. The van der Waals surface area contributed by atoms with Crippen molar-refractivity contribution in [3.05, 3.63) is 74.6 Å². The number of non-ortho nitro benzene ring substituents is 1. The lowest BCUT2D eigenvalue weighted by molar-refractivity contribution is -0.384. The average molecular weight is 397 g/mol. The Morgan fingerprint density at radius 3 is 2.89 bits per heavy atom. The molecule has 0 amide bonds. The van der Waals surface area contributed by atoms with Gasteiger partial charge in [0.15, 0.2) is 5.16 Å². The Labute approximate surface area is 165 Å². The summed E-state index contributed by atoms with van der Waals surface area (Å²) in [5, 5.41) is 12.2. The average Bonchev–Trinajstić information content (AvgIpc) is 3.22. The van der Waals surface area contributed by atoms with Crippen molar-refractivity contribution >= 4 is 28.4 Å². The normalized spacial score (nSPS) is 16.5. The van der Waals surface area contributed by atoms with Gasteiger partial charge in [0.2, 0.25) is 0 Å². The first-order chi connectivity index (χ1) is 13.6. The van der Waals surface area contributed by atoms with E-state index in [2.05, 4.69) is 4.98 Å². The number of benzene rings is 2. The molecule has 0 radical (unpaired) electrons. The van der Waals surface area contributed by atoms with Crippen molar-refractivity contribution in [1.82, 2.24) is 9.55 Å². The third-order valence-corrected chi connectivity index (χ3v) is 5.77. The summed E-state index contributed by atoms with van der Waals surface area (Å²) < 4.78 is 7.39. The zero-order chi connectivity index (χ0) is 19.5. The first kappa shape index (κ1) is 18.6. The number of nitro benzene ring substituents is 1. The van der Waals surface area contributed by atoms with Crippen LogP contribution < -0.4 is 5.56 Å². The fraction of sp³-hybridized carbons (Fsp3) is 0.300. The number of hydrogen-bond acceptors (Lipinski definition) is 6. The van der Waals surface area contributed by atoms with E-state index in [4.69, 9.17) is 4.74 Å². The quantitative estimate of drug-likeness (QED) is 0.272. The molecular formula is C20H19N3O4S. The van der Waals surface area contributed by atoms with Gasteiger partial charge in [0, 0.05) is 24.5 Å². The van der Waals surface area contributed by atoms with Crippen LogP contribution in [0.1, 0.15) is 18.4 Å². The van der Waals surface area contributed by atoms with Crippen molar-refractivity contribution in [2.24, 2.45) is 0 Å². The van der Waals surface area contributed by atoms with E-state index in [1.807, 2.05) is 24.3 Å². The molecule has 1 unspecified atom stereocenters. The summed E-state index contributed by atoms with van der Waals surface area (Å²) in [6.45, 7) is 1.19.